The average Bonchev–Trinajstić information content (AvgIpc) is 3.14. The Morgan fingerprint density at radius 2 is 1.83 bits per heavy atom. The zero-order valence-corrected chi connectivity index (χ0v) is 13.7. The second-order valence-electron chi connectivity index (χ2n) is 5.40. The molecule has 0 saturated carbocycles. The highest BCUT2D eigenvalue weighted by Gasteiger charge is 2.26. The predicted octanol–water partition coefficient (Wildman–Crippen LogP) is 2.30. The lowest BCUT2D eigenvalue weighted by molar-refractivity contribution is -0.134. The predicted molar refractivity (Wildman–Crippen MR) is 88.1 cm³/mol. The molecule has 1 aliphatic rings. The monoisotopic (exact) mass is 348 g/mol. The summed E-state index contributed by atoms with van der Waals surface area (Å²) in [6, 6.07) is 10.2. The van der Waals surface area contributed by atoms with Crippen LogP contribution in [-0.4, -0.2) is 54.4 Å². The summed E-state index contributed by atoms with van der Waals surface area (Å²) in [6.07, 6.45) is 1.47. The van der Waals surface area contributed by atoms with Gasteiger partial charge in [-0.05, 0) is 30.3 Å². The Labute approximate surface area is 144 Å². The van der Waals surface area contributed by atoms with Crippen LogP contribution in [0.4, 0.5) is 0 Å². The normalized spacial score (nSPS) is 14.5. The number of piperazine rings is 1. The number of benzene rings is 1. The first-order valence-corrected chi connectivity index (χ1v) is 8.00. The van der Waals surface area contributed by atoms with Gasteiger partial charge in [-0.1, -0.05) is 17.7 Å². The van der Waals surface area contributed by atoms with Gasteiger partial charge in [0.05, 0.1) is 6.26 Å². The first-order valence-electron chi connectivity index (χ1n) is 7.62. The van der Waals surface area contributed by atoms with Crippen LogP contribution in [0.5, 0.6) is 5.75 Å². The zero-order valence-electron chi connectivity index (χ0n) is 13.0. The Kier molecular flexibility index (Phi) is 5.05. The molecular formula is C17H17ClN2O4. The summed E-state index contributed by atoms with van der Waals surface area (Å²) in [6.45, 7) is 1.85. The van der Waals surface area contributed by atoms with E-state index < -0.39 is 0 Å². The fourth-order valence-electron chi connectivity index (χ4n) is 2.51. The summed E-state index contributed by atoms with van der Waals surface area (Å²) in [5.41, 5.74) is 0. The number of hydrogen-bond donors (Lipinski definition) is 0. The standard InChI is InChI=1S/C17H17ClN2O4/c18-13-3-1-4-14(11-13)24-12-16(21)19-6-8-20(9-7-19)17(22)15-5-2-10-23-15/h1-5,10-11H,6-9,12H2. The molecule has 24 heavy (non-hydrogen) atoms. The Balaban J connectivity index is 1.47. The number of halogens is 1. The van der Waals surface area contributed by atoms with E-state index in [1.165, 1.54) is 6.26 Å². The molecule has 1 aliphatic heterocycles. The van der Waals surface area contributed by atoms with E-state index in [4.69, 9.17) is 20.8 Å². The van der Waals surface area contributed by atoms with Gasteiger partial charge in [0.15, 0.2) is 12.4 Å². The van der Waals surface area contributed by atoms with Crippen molar-refractivity contribution in [3.05, 3.63) is 53.4 Å². The van der Waals surface area contributed by atoms with Gasteiger partial charge in [-0.15, -0.1) is 0 Å². The molecular weight excluding hydrogens is 332 g/mol. The second kappa shape index (κ2) is 7.40. The van der Waals surface area contributed by atoms with E-state index in [2.05, 4.69) is 0 Å². The quantitative estimate of drug-likeness (QED) is 0.850. The van der Waals surface area contributed by atoms with E-state index in [0.29, 0.717) is 42.7 Å². The second-order valence-corrected chi connectivity index (χ2v) is 5.83. The molecule has 0 radical (unpaired) electrons. The molecule has 2 heterocycles. The van der Waals surface area contributed by atoms with Crippen molar-refractivity contribution in [3.63, 3.8) is 0 Å². The number of carbonyl (C=O) groups excluding carboxylic acids is 2. The lowest BCUT2D eigenvalue weighted by Crippen LogP contribution is -2.51. The van der Waals surface area contributed by atoms with Gasteiger partial charge in [0.1, 0.15) is 5.75 Å². The first kappa shape index (κ1) is 16.4. The third-order valence-corrected chi connectivity index (χ3v) is 4.05. The van der Waals surface area contributed by atoms with Crippen molar-refractivity contribution in [2.75, 3.05) is 32.8 Å². The molecule has 0 atom stereocenters. The maximum atomic E-state index is 12.2. The molecule has 6 nitrogen and oxygen atoms in total. The van der Waals surface area contributed by atoms with Crippen LogP contribution in [0.15, 0.2) is 47.1 Å². The van der Waals surface area contributed by atoms with Crippen LogP contribution in [0.25, 0.3) is 0 Å². The van der Waals surface area contributed by atoms with Gasteiger partial charge in [-0.2, -0.15) is 0 Å². The van der Waals surface area contributed by atoms with E-state index in [9.17, 15) is 9.59 Å². The summed E-state index contributed by atoms with van der Waals surface area (Å²) in [7, 11) is 0. The summed E-state index contributed by atoms with van der Waals surface area (Å²) in [4.78, 5) is 27.8. The minimum Gasteiger partial charge on any atom is -0.484 e. The van der Waals surface area contributed by atoms with Gasteiger partial charge in [-0.25, -0.2) is 0 Å². The van der Waals surface area contributed by atoms with Crippen LogP contribution in [0.1, 0.15) is 10.6 Å². The summed E-state index contributed by atoms with van der Waals surface area (Å²) >= 11 is 5.88. The maximum Gasteiger partial charge on any atom is 0.289 e. The molecule has 2 amide bonds. The Morgan fingerprint density at radius 3 is 2.50 bits per heavy atom. The fourth-order valence-corrected chi connectivity index (χ4v) is 2.69. The van der Waals surface area contributed by atoms with Crippen LogP contribution in [0, 0.1) is 0 Å². The number of ether oxygens (including phenoxy) is 1. The molecule has 1 aromatic heterocycles. The molecule has 0 unspecified atom stereocenters. The number of hydrogen-bond acceptors (Lipinski definition) is 4. The lowest BCUT2D eigenvalue weighted by Gasteiger charge is -2.34. The Morgan fingerprint density at radius 1 is 1.08 bits per heavy atom. The third-order valence-electron chi connectivity index (χ3n) is 3.81. The average molecular weight is 349 g/mol. The summed E-state index contributed by atoms with van der Waals surface area (Å²) in [5.74, 6) is 0.615. The molecule has 0 aliphatic carbocycles. The fraction of sp³-hybridized carbons (Fsp3) is 0.294. The molecule has 2 aromatic rings. The number of furan rings is 1. The molecule has 7 heteroatoms. The van der Waals surface area contributed by atoms with Crippen LogP contribution in [-0.2, 0) is 4.79 Å². The number of carbonyl (C=O) groups is 2. The van der Waals surface area contributed by atoms with Gasteiger partial charge in [-0.3, -0.25) is 9.59 Å². The van der Waals surface area contributed by atoms with Crippen molar-refractivity contribution < 1.29 is 18.7 Å². The molecule has 1 aromatic carbocycles. The highest BCUT2D eigenvalue weighted by molar-refractivity contribution is 6.30. The number of nitrogens with zero attached hydrogens (tertiary/aromatic N) is 2. The Hall–Kier alpha value is -2.47. The largest absolute Gasteiger partial charge is 0.484 e. The number of rotatable bonds is 4. The van der Waals surface area contributed by atoms with Crippen molar-refractivity contribution in [1.82, 2.24) is 9.80 Å². The van der Waals surface area contributed by atoms with Gasteiger partial charge in [0, 0.05) is 31.2 Å². The lowest BCUT2D eigenvalue weighted by atomic mass is 10.3. The molecule has 0 N–H and O–H groups in total. The highest BCUT2D eigenvalue weighted by atomic mass is 35.5. The van der Waals surface area contributed by atoms with Gasteiger partial charge in [0.2, 0.25) is 0 Å². The van der Waals surface area contributed by atoms with Crippen LogP contribution >= 0.6 is 11.6 Å². The minimum absolute atomic E-state index is 0.0491. The Bertz CT molecular complexity index is 709. The molecule has 0 spiro atoms. The van der Waals surface area contributed by atoms with Gasteiger partial charge in [0.25, 0.3) is 11.8 Å². The van der Waals surface area contributed by atoms with Crippen molar-refractivity contribution in [2.45, 2.75) is 0 Å². The third kappa shape index (κ3) is 3.89. The van der Waals surface area contributed by atoms with E-state index in [0.717, 1.165) is 0 Å². The molecule has 1 fully saturated rings. The molecule has 1 saturated heterocycles. The molecule has 3 rings (SSSR count). The van der Waals surface area contributed by atoms with E-state index in [1.807, 2.05) is 0 Å². The highest BCUT2D eigenvalue weighted by Crippen LogP contribution is 2.17. The van der Waals surface area contributed by atoms with Crippen LogP contribution < -0.4 is 4.74 Å². The topological polar surface area (TPSA) is 63.0 Å². The van der Waals surface area contributed by atoms with E-state index in [1.54, 1.807) is 46.2 Å². The van der Waals surface area contributed by atoms with Crippen molar-refractivity contribution in [1.29, 1.82) is 0 Å². The van der Waals surface area contributed by atoms with Crippen LogP contribution in [0.3, 0.4) is 0 Å². The molecule has 126 valence electrons. The van der Waals surface area contributed by atoms with Crippen molar-refractivity contribution >= 4 is 23.4 Å². The molecule has 0 bridgehead atoms. The van der Waals surface area contributed by atoms with Crippen molar-refractivity contribution in [2.24, 2.45) is 0 Å². The van der Waals surface area contributed by atoms with Crippen LogP contribution in [0.2, 0.25) is 5.02 Å². The zero-order chi connectivity index (χ0) is 16.9. The first-order chi connectivity index (χ1) is 11.6. The van der Waals surface area contributed by atoms with Gasteiger partial charge < -0.3 is 19.0 Å². The van der Waals surface area contributed by atoms with E-state index >= 15 is 0 Å². The smallest absolute Gasteiger partial charge is 0.289 e. The van der Waals surface area contributed by atoms with E-state index in [-0.39, 0.29) is 18.4 Å². The SMILES string of the molecule is O=C(COc1cccc(Cl)c1)N1CCN(C(=O)c2ccco2)CC1. The number of amides is 2. The van der Waals surface area contributed by atoms with Crippen molar-refractivity contribution in [3.8, 4) is 5.75 Å². The summed E-state index contributed by atoms with van der Waals surface area (Å²) < 4.78 is 10.6. The minimum atomic E-state index is -0.151. The summed E-state index contributed by atoms with van der Waals surface area (Å²) in [5, 5.41) is 0.560. The maximum absolute atomic E-state index is 12.2. The van der Waals surface area contributed by atoms with Gasteiger partial charge >= 0.3 is 0 Å².